The zero-order chi connectivity index (χ0) is 10.6. The van der Waals surface area contributed by atoms with Gasteiger partial charge >= 0.3 is 5.97 Å². The number of benzene rings is 1. The molecular formula is C9H6BrNO2S. The number of nitriles is 1. The molecule has 0 aliphatic heterocycles. The van der Waals surface area contributed by atoms with Crippen LogP contribution < -0.4 is 0 Å². The summed E-state index contributed by atoms with van der Waals surface area (Å²) in [6.45, 7) is 0. The van der Waals surface area contributed by atoms with E-state index in [1.54, 1.807) is 12.1 Å². The average molecular weight is 272 g/mol. The maximum Gasteiger partial charge on any atom is 0.336 e. The average Bonchev–Trinajstić information content (AvgIpc) is 2.14. The van der Waals surface area contributed by atoms with Crippen LogP contribution in [-0.4, -0.2) is 16.8 Å². The van der Waals surface area contributed by atoms with Crippen molar-refractivity contribution in [3.05, 3.63) is 28.2 Å². The largest absolute Gasteiger partial charge is 0.478 e. The van der Waals surface area contributed by atoms with Gasteiger partial charge < -0.3 is 5.11 Å². The normalized spacial score (nSPS) is 9.43. The van der Waals surface area contributed by atoms with Crippen LogP contribution in [0.4, 0.5) is 0 Å². The van der Waals surface area contributed by atoms with Crippen molar-refractivity contribution >= 4 is 33.7 Å². The summed E-state index contributed by atoms with van der Waals surface area (Å²) < 4.78 is 0.808. The van der Waals surface area contributed by atoms with Crippen LogP contribution in [-0.2, 0) is 0 Å². The van der Waals surface area contributed by atoms with Crippen LogP contribution in [0.3, 0.4) is 0 Å². The number of thioether (sulfide) groups is 1. The first kappa shape index (κ1) is 11.1. The molecular weight excluding hydrogens is 266 g/mol. The number of hydrogen-bond acceptors (Lipinski definition) is 3. The monoisotopic (exact) mass is 271 g/mol. The molecule has 1 aromatic rings. The molecule has 1 aromatic carbocycles. The molecule has 0 saturated heterocycles. The second-order valence-electron chi connectivity index (χ2n) is 2.39. The number of hydrogen-bond donors (Lipinski definition) is 1. The van der Waals surface area contributed by atoms with Crippen LogP contribution in [0.2, 0.25) is 0 Å². The van der Waals surface area contributed by atoms with Crippen LogP contribution in [0.1, 0.15) is 10.4 Å². The van der Waals surface area contributed by atoms with Crippen molar-refractivity contribution < 1.29 is 9.90 Å². The molecule has 0 fully saturated rings. The van der Waals surface area contributed by atoms with Crippen LogP contribution in [0.25, 0.3) is 0 Å². The summed E-state index contributed by atoms with van der Waals surface area (Å²) in [5, 5.41) is 17.2. The minimum atomic E-state index is -0.974. The summed E-state index contributed by atoms with van der Waals surface area (Å²) in [5.74, 6) is -0.727. The number of aromatic carboxylic acids is 1. The Kier molecular flexibility index (Phi) is 3.98. The Morgan fingerprint density at radius 1 is 1.64 bits per heavy atom. The van der Waals surface area contributed by atoms with E-state index in [4.69, 9.17) is 10.4 Å². The lowest BCUT2D eigenvalue weighted by Gasteiger charge is -2.03. The molecule has 0 aromatic heterocycles. The minimum Gasteiger partial charge on any atom is -0.478 e. The van der Waals surface area contributed by atoms with Gasteiger partial charge in [-0.25, -0.2) is 4.79 Å². The van der Waals surface area contributed by atoms with Gasteiger partial charge in [-0.05, 0) is 18.2 Å². The summed E-state index contributed by atoms with van der Waals surface area (Å²) in [6, 6.07) is 6.84. The van der Waals surface area contributed by atoms with Crippen molar-refractivity contribution in [3.8, 4) is 6.07 Å². The third kappa shape index (κ3) is 2.76. The summed E-state index contributed by atoms with van der Waals surface area (Å²) in [5.41, 5.74) is 0.230. The van der Waals surface area contributed by atoms with E-state index in [1.165, 1.54) is 17.8 Å². The highest BCUT2D eigenvalue weighted by Crippen LogP contribution is 2.26. The second-order valence-corrected chi connectivity index (χ2v) is 4.33. The second kappa shape index (κ2) is 5.03. The van der Waals surface area contributed by atoms with Gasteiger partial charge in [-0.3, -0.25) is 0 Å². The molecule has 0 aliphatic rings. The molecule has 0 radical (unpaired) electrons. The Hall–Kier alpha value is -0.990. The van der Waals surface area contributed by atoms with E-state index in [9.17, 15) is 4.79 Å². The molecule has 14 heavy (non-hydrogen) atoms. The van der Waals surface area contributed by atoms with Crippen molar-refractivity contribution in [3.63, 3.8) is 0 Å². The fourth-order valence-corrected chi connectivity index (χ4v) is 2.16. The molecule has 3 nitrogen and oxygen atoms in total. The van der Waals surface area contributed by atoms with Gasteiger partial charge in [-0.2, -0.15) is 5.26 Å². The quantitative estimate of drug-likeness (QED) is 0.859. The van der Waals surface area contributed by atoms with Gasteiger partial charge in [0.2, 0.25) is 0 Å². The number of carboxylic acid groups (broad SMARTS) is 1. The standard InChI is InChI=1S/C9H6BrNO2S/c10-6-1-2-7(9(12)13)8(5-6)14-4-3-11/h1-2,5H,4H2,(H,12,13). The van der Waals surface area contributed by atoms with Gasteiger partial charge in [0, 0.05) is 9.37 Å². The molecule has 0 saturated carbocycles. The van der Waals surface area contributed by atoms with E-state index in [-0.39, 0.29) is 11.3 Å². The molecule has 0 unspecified atom stereocenters. The van der Waals surface area contributed by atoms with Gasteiger partial charge in [-0.1, -0.05) is 15.9 Å². The van der Waals surface area contributed by atoms with E-state index in [1.807, 2.05) is 6.07 Å². The summed E-state index contributed by atoms with van der Waals surface area (Å²) >= 11 is 4.47. The molecule has 0 bridgehead atoms. The minimum absolute atomic E-state index is 0.230. The zero-order valence-electron chi connectivity index (χ0n) is 7.03. The van der Waals surface area contributed by atoms with Crippen LogP contribution in [0.15, 0.2) is 27.6 Å². The molecule has 5 heteroatoms. The Labute approximate surface area is 93.9 Å². The molecule has 72 valence electrons. The fraction of sp³-hybridized carbons (Fsp3) is 0.111. The number of rotatable bonds is 3. The summed E-state index contributed by atoms with van der Waals surface area (Å²) in [4.78, 5) is 11.4. The smallest absolute Gasteiger partial charge is 0.336 e. The Bertz CT molecular complexity index is 400. The lowest BCUT2D eigenvalue weighted by molar-refractivity contribution is 0.0693. The molecule has 1 N–H and O–H groups in total. The Balaban J connectivity index is 3.04. The van der Waals surface area contributed by atoms with Gasteiger partial charge in [0.05, 0.1) is 17.4 Å². The van der Waals surface area contributed by atoms with E-state index in [0.717, 1.165) is 4.47 Å². The van der Waals surface area contributed by atoms with E-state index < -0.39 is 5.97 Å². The number of nitrogens with zero attached hydrogens (tertiary/aromatic N) is 1. The molecule has 0 atom stereocenters. The predicted molar refractivity (Wildman–Crippen MR) is 57.4 cm³/mol. The highest BCUT2D eigenvalue weighted by atomic mass is 79.9. The van der Waals surface area contributed by atoms with Crippen molar-refractivity contribution in [1.82, 2.24) is 0 Å². The van der Waals surface area contributed by atoms with E-state index in [0.29, 0.717) is 4.90 Å². The third-order valence-electron chi connectivity index (χ3n) is 1.47. The maximum atomic E-state index is 10.8. The van der Waals surface area contributed by atoms with Crippen molar-refractivity contribution in [2.45, 2.75) is 4.90 Å². The van der Waals surface area contributed by atoms with Gasteiger partial charge in [-0.15, -0.1) is 11.8 Å². The topological polar surface area (TPSA) is 61.1 Å². The zero-order valence-corrected chi connectivity index (χ0v) is 9.43. The molecule has 0 spiro atoms. The van der Waals surface area contributed by atoms with Crippen molar-refractivity contribution in [2.24, 2.45) is 0 Å². The van der Waals surface area contributed by atoms with Crippen molar-refractivity contribution in [1.29, 1.82) is 5.26 Å². The third-order valence-corrected chi connectivity index (χ3v) is 2.88. The molecule has 0 heterocycles. The number of carbonyl (C=O) groups is 1. The Morgan fingerprint density at radius 2 is 2.36 bits per heavy atom. The van der Waals surface area contributed by atoms with Gasteiger partial charge in [0.1, 0.15) is 0 Å². The lowest BCUT2D eigenvalue weighted by Crippen LogP contribution is -1.98. The van der Waals surface area contributed by atoms with E-state index in [2.05, 4.69) is 15.9 Å². The molecule has 1 rings (SSSR count). The van der Waals surface area contributed by atoms with Crippen LogP contribution in [0.5, 0.6) is 0 Å². The molecule has 0 amide bonds. The first-order valence-corrected chi connectivity index (χ1v) is 5.45. The summed E-state index contributed by atoms with van der Waals surface area (Å²) in [7, 11) is 0. The first-order valence-electron chi connectivity index (χ1n) is 3.67. The highest BCUT2D eigenvalue weighted by molar-refractivity contribution is 9.10. The SMILES string of the molecule is N#CCSc1cc(Br)ccc1C(=O)O. The van der Waals surface area contributed by atoms with Gasteiger partial charge in [0.25, 0.3) is 0 Å². The highest BCUT2D eigenvalue weighted by Gasteiger charge is 2.10. The van der Waals surface area contributed by atoms with Gasteiger partial charge in [0.15, 0.2) is 0 Å². The predicted octanol–water partition coefficient (Wildman–Crippen LogP) is 2.76. The summed E-state index contributed by atoms with van der Waals surface area (Å²) in [6.07, 6.45) is 0. The maximum absolute atomic E-state index is 10.8. The van der Waals surface area contributed by atoms with Crippen molar-refractivity contribution in [2.75, 3.05) is 5.75 Å². The van der Waals surface area contributed by atoms with Crippen LogP contribution in [0, 0.1) is 11.3 Å². The van der Waals surface area contributed by atoms with E-state index >= 15 is 0 Å². The first-order chi connectivity index (χ1) is 6.65. The lowest BCUT2D eigenvalue weighted by atomic mass is 10.2. The molecule has 0 aliphatic carbocycles. The number of carboxylic acids is 1. The fourth-order valence-electron chi connectivity index (χ4n) is 0.902. The Morgan fingerprint density at radius 3 is 2.93 bits per heavy atom. The number of halogens is 1. The van der Waals surface area contributed by atoms with Crippen LogP contribution >= 0.6 is 27.7 Å².